The molecule has 1 saturated heterocycles. The number of carbonyl (C=O) groups excluding carboxylic acids is 2. The minimum Gasteiger partial charge on any atom is -0.271 e. The van der Waals surface area contributed by atoms with E-state index < -0.39 is 12.1 Å². The second-order valence-corrected chi connectivity index (χ2v) is 6.79. The number of carbonyl (C=O) groups is 2. The molecule has 7 heteroatoms. The zero-order chi connectivity index (χ0) is 18.3. The molecule has 4 rings (SSSR count). The van der Waals surface area contributed by atoms with E-state index in [1.54, 1.807) is 29.3 Å². The first-order chi connectivity index (χ1) is 12.6. The third kappa shape index (κ3) is 2.76. The fraction of sp³-hybridized carbons (Fsp3) is 0.263. The van der Waals surface area contributed by atoms with Gasteiger partial charge in [-0.1, -0.05) is 54.1 Å². The number of hydrogen-bond acceptors (Lipinski definition) is 5. The zero-order valence-electron chi connectivity index (χ0n) is 14.2. The molecular formula is C19H17ClN4O2. The van der Waals surface area contributed by atoms with Gasteiger partial charge in [0.25, 0.3) is 11.8 Å². The van der Waals surface area contributed by atoms with Gasteiger partial charge in [-0.25, -0.2) is 4.90 Å². The van der Waals surface area contributed by atoms with Crippen molar-refractivity contribution in [1.82, 2.24) is 5.01 Å². The summed E-state index contributed by atoms with van der Waals surface area (Å²) in [6.45, 7) is 2.53. The molecule has 0 aliphatic carbocycles. The third-order valence-corrected chi connectivity index (χ3v) is 4.94. The summed E-state index contributed by atoms with van der Waals surface area (Å²) in [5.41, 5.74) is 2.72. The van der Waals surface area contributed by atoms with Crippen LogP contribution in [0.15, 0.2) is 58.9 Å². The molecular weight excluding hydrogens is 352 g/mol. The summed E-state index contributed by atoms with van der Waals surface area (Å²) in [5, 5.41) is 10.2. The standard InChI is InChI=1S/C19H17ClN4O2/c1-2-12-6-8-13(9-7-12)11-23-17-16(21-22-23)18(25)24(19(17)26)15-5-3-4-14(20)10-15/h3-10,16-17H,2,11H2,1H3. The Kier molecular flexibility index (Phi) is 4.20. The van der Waals surface area contributed by atoms with E-state index in [1.165, 1.54) is 5.56 Å². The Labute approximate surface area is 156 Å². The summed E-state index contributed by atoms with van der Waals surface area (Å²) in [5.74, 6) is -0.688. The van der Waals surface area contributed by atoms with Gasteiger partial charge in [0.05, 0.1) is 12.2 Å². The Morgan fingerprint density at radius 3 is 2.46 bits per heavy atom. The fourth-order valence-corrected chi connectivity index (χ4v) is 3.48. The average molecular weight is 369 g/mol. The number of amides is 2. The van der Waals surface area contributed by atoms with Gasteiger partial charge in [-0.05, 0) is 35.7 Å². The molecule has 0 saturated carbocycles. The number of rotatable bonds is 4. The van der Waals surface area contributed by atoms with Gasteiger partial charge < -0.3 is 0 Å². The van der Waals surface area contributed by atoms with E-state index in [9.17, 15) is 9.59 Å². The number of fused-ring (bicyclic) bond motifs is 1. The first-order valence-electron chi connectivity index (χ1n) is 8.47. The number of hydrogen-bond donors (Lipinski definition) is 0. The summed E-state index contributed by atoms with van der Waals surface area (Å²) in [7, 11) is 0. The zero-order valence-corrected chi connectivity index (χ0v) is 14.9. The van der Waals surface area contributed by atoms with E-state index in [4.69, 9.17) is 11.6 Å². The lowest BCUT2D eigenvalue weighted by atomic mass is 10.1. The number of benzene rings is 2. The van der Waals surface area contributed by atoms with E-state index in [0.29, 0.717) is 17.3 Å². The lowest BCUT2D eigenvalue weighted by molar-refractivity contribution is -0.123. The van der Waals surface area contributed by atoms with Crippen LogP contribution >= 0.6 is 11.6 Å². The highest BCUT2D eigenvalue weighted by Crippen LogP contribution is 2.33. The Balaban J connectivity index is 1.57. The summed E-state index contributed by atoms with van der Waals surface area (Å²) in [6, 6.07) is 13.3. The largest absolute Gasteiger partial charge is 0.271 e. The normalized spacial score (nSPS) is 21.6. The molecule has 2 aromatic rings. The van der Waals surface area contributed by atoms with Crippen LogP contribution in [0.25, 0.3) is 0 Å². The van der Waals surface area contributed by atoms with Crippen molar-refractivity contribution in [1.29, 1.82) is 0 Å². The second kappa shape index (κ2) is 6.53. The minimum absolute atomic E-state index is 0.322. The fourth-order valence-electron chi connectivity index (χ4n) is 3.29. The number of nitrogens with zero attached hydrogens (tertiary/aromatic N) is 4. The van der Waals surface area contributed by atoms with Crippen LogP contribution in [0.2, 0.25) is 5.02 Å². The maximum atomic E-state index is 12.9. The summed E-state index contributed by atoms with van der Waals surface area (Å²) < 4.78 is 0. The van der Waals surface area contributed by atoms with Crippen molar-refractivity contribution in [2.75, 3.05) is 4.90 Å². The van der Waals surface area contributed by atoms with Gasteiger partial charge in [-0.3, -0.25) is 14.6 Å². The maximum Gasteiger partial charge on any atom is 0.263 e. The summed E-state index contributed by atoms with van der Waals surface area (Å²) in [4.78, 5) is 26.7. The molecule has 1 fully saturated rings. The van der Waals surface area contributed by atoms with Crippen molar-refractivity contribution in [2.45, 2.75) is 32.0 Å². The van der Waals surface area contributed by atoms with Gasteiger partial charge in [0.15, 0.2) is 12.1 Å². The van der Waals surface area contributed by atoms with E-state index in [1.807, 2.05) is 12.1 Å². The highest BCUT2D eigenvalue weighted by atomic mass is 35.5. The van der Waals surface area contributed by atoms with Crippen LogP contribution in [-0.2, 0) is 22.6 Å². The summed E-state index contributed by atoms with van der Waals surface area (Å²) >= 11 is 6.00. The van der Waals surface area contributed by atoms with E-state index in [2.05, 4.69) is 29.4 Å². The molecule has 2 amide bonds. The topological polar surface area (TPSA) is 65.3 Å². The van der Waals surface area contributed by atoms with Crippen LogP contribution in [0.3, 0.4) is 0 Å². The van der Waals surface area contributed by atoms with E-state index >= 15 is 0 Å². The molecule has 2 atom stereocenters. The van der Waals surface area contributed by atoms with Crippen LogP contribution in [0, 0.1) is 0 Å². The van der Waals surface area contributed by atoms with Crippen molar-refractivity contribution < 1.29 is 9.59 Å². The molecule has 0 aromatic heterocycles. The highest BCUT2D eigenvalue weighted by molar-refractivity contribution is 6.31. The van der Waals surface area contributed by atoms with E-state index in [-0.39, 0.29) is 11.8 Å². The second-order valence-electron chi connectivity index (χ2n) is 6.35. The number of halogens is 1. The quantitative estimate of drug-likeness (QED) is 0.777. The van der Waals surface area contributed by atoms with E-state index in [0.717, 1.165) is 16.9 Å². The van der Waals surface area contributed by atoms with Crippen molar-refractivity contribution in [3.8, 4) is 0 Å². The maximum absolute atomic E-state index is 12.9. The van der Waals surface area contributed by atoms with Gasteiger partial charge in [0, 0.05) is 5.02 Å². The Hall–Kier alpha value is -2.73. The van der Waals surface area contributed by atoms with Crippen LogP contribution < -0.4 is 4.90 Å². The van der Waals surface area contributed by atoms with Gasteiger partial charge in [0.2, 0.25) is 0 Å². The van der Waals surface area contributed by atoms with Gasteiger partial charge in [0.1, 0.15) is 0 Å². The van der Waals surface area contributed by atoms with Crippen molar-refractivity contribution >= 4 is 29.1 Å². The molecule has 26 heavy (non-hydrogen) atoms. The van der Waals surface area contributed by atoms with Crippen LogP contribution in [0.5, 0.6) is 0 Å². The molecule has 2 heterocycles. The predicted octanol–water partition coefficient (Wildman–Crippen LogP) is 3.40. The Bertz CT molecular complexity index is 897. The molecule has 0 N–H and O–H groups in total. The molecule has 6 nitrogen and oxygen atoms in total. The molecule has 0 radical (unpaired) electrons. The Morgan fingerprint density at radius 2 is 1.77 bits per heavy atom. The average Bonchev–Trinajstić information content (AvgIpc) is 3.16. The minimum atomic E-state index is -0.795. The van der Waals surface area contributed by atoms with Crippen LogP contribution in [-0.4, -0.2) is 28.9 Å². The monoisotopic (exact) mass is 368 g/mol. The van der Waals surface area contributed by atoms with Gasteiger partial charge in [-0.2, -0.15) is 5.11 Å². The van der Waals surface area contributed by atoms with Gasteiger partial charge >= 0.3 is 0 Å². The lowest BCUT2D eigenvalue weighted by Crippen LogP contribution is -2.39. The van der Waals surface area contributed by atoms with Crippen LogP contribution in [0.4, 0.5) is 5.69 Å². The molecule has 132 valence electrons. The van der Waals surface area contributed by atoms with Crippen LogP contribution in [0.1, 0.15) is 18.1 Å². The van der Waals surface area contributed by atoms with Crippen molar-refractivity contribution in [2.24, 2.45) is 10.3 Å². The molecule has 2 aromatic carbocycles. The number of anilines is 1. The first-order valence-corrected chi connectivity index (χ1v) is 8.85. The molecule has 0 spiro atoms. The third-order valence-electron chi connectivity index (χ3n) is 4.70. The molecule has 0 bridgehead atoms. The lowest BCUT2D eigenvalue weighted by Gasteiger charge is -2.20. The Morgan fingerprint density at radius 1 is 1.04 bits per heavy atom. The predicted molar refractivity (Wildman–Crippen MR) is 97.7 cm³/mol. The number of imide groups is 1. The smallest absolute Gasteiger partial charge is 0.263 e. The van der Waals surface area contributed by atoms with Gasteiger partial charge in [-0.15, -0.1) is 0 Å². The first kappa shape index (κ1) is 16.7. The molecule has 2 aliphatic rings. The molecule has 2 unspecified atom stereocenters. The summed E-state index contributed by atoms with van der Waals surface area (Å²) in [6.07, 6.45) is 0.968. The highest BCUT2D eigenvalue weighted by Gasteiger charge is 2.54. The number of aryl methyl sites for hydroxylation is 1. The van der Waals surface area contributed by atoms with Crippen molar-refractivity contribution in [3.63, 3.8) is 0 Å². The SMILES string of the molecule is CCc1ccc(CN2N=NC3C(=O)N(c4cccc(Cl)c4)C(=O)C32)cc1. The molecule has 2 aliphatic heterocycles. The van der Waals surface area contributed by atoms with Crippen molar-refractivity contribution in [3.05, 3.63) is 64.7 Å².